The monoisotopic (exact) mass is 257 g/mol. The molecule has 2 rings (SSSR count). The molecule has 5 heteroatoms. The summed E-state index contributed by atoms with van der Waals surface area (Å²) in [7, 11) is 0. The van der Waals surface area contributed by atoms with E-state index in [4.69, 9.17) is 22.7 Å². The molecular formula is C11H16ClN3S. The number of hydrogen-bond donors (Lipinski definition) is 2. The minimum atomic E-state index is 0.295. The zero-order valence-electron chi connectivity index (χ0n) is 9.08. The fourth-order valence-corrected chi connectivity index (χ4v) is 3.19. The molecule has 3 N–H and O–H groups in total. The number of amidine groups is 1. The van der Waals surface area contributed by atoms with Crippen LogP contribution in [0, 0.1) is 11.3 Å². The summed E-state index contributed by atoms with van der Waals surface area (Å²) in [6.45, 7) is 3.03. The van der Waals surface area contributed by atoms with Crippen molar-refractivity contribution < 1.29 is 0 Å². The number of thiophene rings is 1. The van der Waals surface area contributed by atoms with E-state index < -0.39 is 0 Å². The standard InChI is InChI=1S/C11H16ClN3S/c12-10-2-1-9(16-10)7-15-5-3-8(4-6-15)11(13)14/h1-2,8H,3-7H2,(H3,13,14). The second-order valence-electron chi connectivity index (χ2n) is 4.21. The maximum absolute atomic E-state index is 7.42. The van der Waals surface area contributed by atoms with Crippen LogP contribution in [0.4, 0.5) is 0 Å². The summed E-state index contributed by atoms with van der Waals surface area (Å²) in [6.07, 6.45) is 2.02. The van der Waals surface area contributed by atoms with Crippen molar-refractivity contribution in [2.75, 3.05) is 13.1 Å². The van der Waals surface area contributed by atoms with Gasteiger partial charge in [-0.2, -0.15) is 0 Å². The molecule has 0 radical (unpaired) electrons. The molecule has 0 spiro atoms. The zero-order valence-corrected chi connectivity index (χ0v) is 10.7. The van der Waals surface area contributed by atoms with Gasteiger partial charge in [0.05, 0.1) is 10.2 Å². The fourth-order valence-electron chi connectivity index (χ4n) is 2.06. The molecule has 1 aromatic rings. The van der Waals surface area contributed by atoms with Crippen LogP contribution >= 0.6 is 22.9 Å². The van der Waals surface area contributed by atoms with Crippen LogP contribution in [0.2, 0.25) is 4.34 Å². The van der Waals surface area contributed by atoms with E-state index in [1.165, 1.54) is 4.88 Å². The topological polar surface area (TPSA) is 53.1 Å². The van der Waals surface area contributed by atoms with Crippen molar-refractivity contribution in [1.29, 1.82) is 5.41 Å². The molecule has 1 aliphatic rings. The maximum Gasteiger partial charge on any atom is 0.0937 e. The first kappa shape index (κ1) is 11.9. The van der Waals surface area contributed by atoms with Gasteiger partial charge in [-0.15, -0.1) is 11.3 Å². The number of hydrogen-bond acceptors (Lipinski definition) is 3. The molecule has 0 amide bonds. The Kier molecular flexibility index (Phi) is 3.84. The van der Waals surface area contributed by atoms with Crippen LogP contribution < -0.4 is 5.73 Å². The first-order valence-corrected chi connectivity index (χ1v) is 6.65. The highest BCUT2D eigenvalue weighted by Gasteiger charge is 2.21. The number of nitrogens with two attached hydrogens (primary N) is 1. The maximum atomic E-state index is 7.42. The predicted molar refractivity (Wildman–Crippen MR) is 69.2 cm³/mol. The minimum Gasteiger partial charge on any atom is -0.387 e. The van der Waals surface area contributed by atoms with Crippen molar-refractivity contribution in [2.45, 2.75) is 19.4 Å². The Hall–Kier alpha value is -0.580. The first-order valence-electron chi connectivity index (χ1n) is 5.45. The molecule has 16 heavy (non-hydrogen) atoms. The lowest BCUT2D eigenvalue weighted by atomic mass is 9.96. The second kappa shape index (κ2) is 5.17. The Morgan fingerprint density at radius 2 is 2.19 bits per heavy atom. The smallest absolute Gasteiger partial charge is 0.0937 e. The number of halogens is 1. The Labute approximate surface area is 105 Å². The van der Waals surface area contributed by atoms with Crippen LogP contribution in [-0.4, -0.2) is 23.8 Å². The van der Waals surface area contributed by atoms with E-state index in [9.17, 15) is 0 Å². The summed E-state index contributed by atoms with van der Waals surface area (Å²) in [5.41, 5.74) is 5.52. The highest BCUT2D eigenvalue weighted by molar-refractivity contribution is 7.16. The van der Waals surface area contributed by atoms with Gasteiger partial charge < -0.3 is 5.73 Å². The van der Waals surface area contributed by atoms with Gasteiger partial charge in [-0.3, -0.25) is 10.3 Å². The van der Waals surface area contributed by atoms with Crippen LogP contribution in [0.25, 0.3) is 0 Å². The molecule has 88 valence electrons. The number of piperidine rings is 1. The Morgan fingerprint density at radius 1 is 1.50 bits per heavy atom. The molecule has 1 fully saturated rings. The summed E-state index contributed by atoms with van der Waals surface area (Å²) in [6, 6.07) is 4.04. The van der Waals surface area contributed by atoms with Crippen molar-refractivity contribution in [1.82, 2.24) is 4.90 Å². The van der Waals surface area contributed by atoms with Crippen molar-refractivity contribution in [3.63, 3.8) is 0 Å². The molecule has 0 aromatic carbocycles. The molecule has 3 nitrogen and oxygen atoms in total. The lowest BCUT2D eigenvalue weighted by Crippen LogP contribution is -2.37. The fraction of sp³-hybridized carbons (Fsp3) is 0.545. The lowest BCUT2D eigenvalue weighted by molar-refractivity contribution is 0.203. The highest BCUT2D eigenvalue weighted by Crippen LogP contribution is 2.25. The molecule has 1 saturated heterocycles. The van der Waals surface area contributed by atoms with Gasteiger partial charge in [0.2, 0.25) is 0 Å². The van der Waals surface area contributed by atoms with Gasteiger partial charge in [0, 0.05) is 17.3 Å². The largest absolute Gasteiger partial charge is 0.387 e. The van der Waals surface area contributed by atoms with E-state index >= 15 is 0 Å². The van der Waals surface area contributed by atoms with Gasteiger partial charge >= 0.3 is 0 Å². The molecule has 0 bridgehead atoms. The lowest BCUT2D eigenvalue weighted by Gasteiger charge is -2.30. The van der Waals surface area contributed by atoms with Crippen LogP contribution in [-0.2, 0) is 6.54 Å². The Balaban J connectivity index is 1.83. The van der Waals surface area contributed by atoms with Gasteiger partial charge in [0.25, 0.3) is 0 Å². The van der Waals surface area contributed by atoms with Crippen molar-refractivity contribution in [3.05, 3.63) is 21.3 Å². The van der Waals surface area contributed by atoms with E-state index in [-0.39, 0.29) is 0 Å². The third-order valence-corrected chi connectivity index (χ3v) is 4.25. The van der Waals surface area contributed by atoms with Crippen LogP contribution in [0.15, 0.2) is 12.1 Å². The minimum absolute atomic E-state index is 0.295. The normalized spacial score (nSPS) is 18.8. The molecule has 0 atom stereocenters. The van der Waals surface area contributed by atoms with Crippen LogP contribution in [0.5, 0.6) is 0 Å². The molecule has 0 aliphatic carbocycles. The zero-order chi connectivity index (χ0) is 11.5. The summed E-state index contributed by atoms with van der Waals surface area (Å²) in [5.74, 6) is 0.641. The molecule has 2 heterocycles. The Bertz CT molecular complexity index is 369. The first-order chi connectivity index (χ1) is 7.65. The van der Waals surface area contributed by atoms with Gasteiger partial charge in [-0.1, -0.05) is 11.6 Å². The van der Waals surface area contributed by atoms with E-state index in [2.05, 4.69) is 11.0 Å². The van der Waals surface area contributed by atoms with Crippen LogP contribution in [0.3, 0.4) is 0 Å². The van der Waals surface area contributed by atoms with E-state index in [0.717, 1.165) is 36.8 Å². The average molecular weight is 258 g/mol. The number of rotatable bonds is 3. The van der Waals surface area contributed by atoms with Crippen LogP contribution in [0.1, 0.15) is 17.7 Å². The van der Waals surface area contributed by atoms with E-state index in [1.54, 1.807) is 11.3 Å². The predicted octanol–water partition coefficient (Wildman–Crippen LogP) is 2.55. The van der Waals surface area contributed by atoms with Crippen molar-refractivity contribution >= 4 is 28.8 Å². The summed E-state index contributed by atoms with van der Waals surface area (Å²) in [5, 5.41) is 7.42. The van der Waals surface area contributed by atoms with Gasteiger partial charge in [-0.25, -0.2) is 0 Å². The third kappa shape index (κ3) is 2.97. The van der Waals surface area contributed by atoms with Gasteiger partial charge in [-0.05, 0) is 38.1 Å². The molecular weight excluding hydrogens is 242 g/mol. The second-order valence-corrected chi connectivity index (χ2v) is 6.01. The Morgan fingerprint density at radius 3 is 2.69 bits per heavy atom. The van der Waals surface area contributed by atoms with E-state index in [1.807, 2.05) is 6.07 Å². The summed E-state index contributed by atoms with van der Waals surface area (Å²) < 4.78 is 0.855. The van der Waals surface area contributed by atoms with E-state index in [0.29, 0.717) is 11.8 Å². The quantitative estimate of drug-likeness (QED) is 0.646. The molecule has 1 aliphatic heterocycles. The molecule has 0 saturated carbocycles. The van der Waals surface area contributed by atoms with Gasteiger partial charge in [0.1, 0.15) is 0 Å². The summed E-state index contributed by atoms with van der Waals surface area (Å²) >= 11 is 7.54. The third-order valence-electron chi connectivity index (χ3n) is 3.04. The number of likely N-dealkylation sites (tertiary alicyclic amines) is 1. The average Bonchev–Trinajstić information content (AvgIpc) is 2.65. The highest BCUT2D eigenvalue weighted by atomic mass is 35.5. The SMILES string of the molecule is N=C(N)C1CCN(Cc2ccc(Cl)s2)CC1. The summed E-state index contributed by atoms with van der Waals surface area (Å²) in [4.78, 5) is 3.72. The number of nitrogens with zero attached hydrogens (tertiary/aromatic N) is 1. The number of nitrogens with one attached hydrogen (secondary N) is 1. The van der Waals surface area contributed by atoms with Crippen molar-refractivity contribution in [2.24, 2.45) is 11.7 Å². The van der Waals surface area contributed by atoms with Gasteiger partial charge in [0.15, 0.2) is 0 Å². The van der Waals surface area contributed by atoms with Crippen molar-refractivity contribution in [3.8, 4) is 0 Å². The molecule has 0 unspecified atom stereocenters. The molecule has 1 aromatic heterocycles.